The Morgan fingerprint density at radius 2 is 2.04 bits per heavy atom. The molecule has 2 nitrogen and oxygen atoms in total. The lowest BCUT2D eigenvalue weighted by Gasteiger charge is -2.37. The highest BCUT2D eigenvalue weighted by atomic mass is 79.9. The average Bonchev–Trinajstić information content (AvgIpc) is 2.75. The van der Waals surface area contributed by atoms with Crippen LogP contribution in [-0.4, -0.2) is 12.4 Å². The molecular formula is C21H23BrO2. The Kier molecular flexibility index (Phi) is 3.45. The van der Waals surface area contributed by atoms with Gasteiger partial charge in [-0.3, -0.25) is 4.79 Å². The Morgan fingerprint density at radius 3 is 2.96 bits per heavy atom. The molecule has 3 aliphatic carbocycles. The van der Waals surface area contributed by atoms with E-state index in [2.05, 4.69) is 22.0 Å². The van der Waals surface area contributed by atoms with E-state index in [0.717, 1.165) is 58.4 Å². The Labute approximate surface area is 151 Å². The maximum Gasteiger partial charge on any atom is 0.168 e. The lowest BCUT2D eigenvalue weighted by Crippen LogP contribution is -2.37. The predicted octanol–water partition coefficient (Wildman–Crippen LogP) is 5.40. The molecule has 1 aromatic rings. The van der Waals surface area contributed by atoms with Crippen LogP contribution >= 0.6 is 15.9 Å². The second-order valence-electron chi connectivity index (χ2n) is 8.42. The molecule has 0 amide bonds. The van der Waals surface area contributed by atoms with E-state index in [0.29, 0.717) is 12.4 Å². The Hall–Kier alpha value is -1.09. The molecule has 4 unspecified atom stereocenters. The summed E-state index contributed by atoms with van der Waals surface area (Å²) in [6, 6.07) is 6.04. The third-order valence-corrected chi connectivity index (χ3v) is 7.43. The van der Waals surface area contributed by atoms with Crippen LogP contribution in [0.3, 0.4) is 0 Å². The molecule has 0 radical (unpaired) electrons. The number of Topliss-reactive ketones (excluding diaryl/α,β-unsaturated/α-hetero) is 1. The molecule has 0 N–H and O–H groups in total. The second kappa shape index (κ2) is 5.45. The van der Waals surface area contributed by atoms with Crippen LogP contribution in [0.2, 0.25) is 0 Å². The quantitative estimate of drug-likeness (QED) is 0.679. The lowest BCUT2D eigenvalue weighted by molar-refractivity contribution is -0.127. The first-order valence-corrected chi connectivity index (χ1v) is 10.1. The molecule has 3 fully saturated rings. The molecule has 5 rings (SSSR count). The third-order valence-electron chi connectivity index (χ3n) is 6.94. The van der Waals surface area contributed by atoms with Gasteiger partial charge in [0.15, 0.2) is 5.78 Å². The second-order valence-corrected chi connectivity index (χ2v) is 9.33. The highest BCUT2D eigenvalue weighted by Crippen LogP contribution is 2.61. The van der Waals surface area contributed by atoms with E-state index >= 15 is 0 Å². The van der Waals surface area contributed by atoms with Gasteiger partial charge in [0.2, 0.25) is 0 Å². The van der Waals surface area contributed by atoms with Crippen molar-refractivity contribution in [3.8, 4) is 5.75 Å². The number of carbonyl (C=O) groups excluding carboxylic acids is 1. The fourth-order valence-electron chi connectivity index (χ4n) is 6.04. The van der Waals surface area contributed by atoms with Crippen molar-refractivity contribution in [2.24, 2.45) is 23.2 Å². The fraction of sp³-hybridized carbons (Fsp3) is 0.571. The summed E-state index contributed by atoms with van der Waals surface area (Å²) < 4.78 is 6.92. The topological polar surface area (TPSA) is 26.3 Å². The van der Waals surface area contributed by atoms with Gasteiger partial charge in [-0.15, -0.1) is 0 Å². The Morgan fingerprint density at radius 1 is 1.17 bits per heavy atom. The molecule has 0 aromatic heterocycles. The first-order valence-electron chi connectivity index (χ1n) is 9.31. The van der Waals surface area contributed by atoms with Crippen molar-refractivity contribution in [2.45, 2.75) is 44.9 Å². The summed E-state index contributed by atoms with van der Waals surface area (Å²) in [5.74, 6) is 3.67. The molecule has 4 atom stereocenters. The zero-order chi connectivity index (χ0) is 16.3. The largest absolute Gasteiger partial charge is 0.488 e. The van der Waals surface area contributed by atoms with E-state index < -0.39 is 0 Å². The predicted molar refractivity (Wildman–Crippen MR) is 97.8 cm³/mol. The van der Waals surface area contributed by atoms with Gasteiger partial charge >= 0.3 is 0 Å². The van der Waals surface area contributed by atoms with Gasteiger partial charge < -0.3 is 4.74 Å². The van der Waals surface area contributed by atoms with Gasteiger partial charge in [-0.2, -0.15) is 0 Å². The highest BCUT2D eigenvalue weighted by Gasteiger charge is 2.55. The number of fused-ring (bicyclic) bond motifs is 3. The standard InChI is InChI=1S/C21H23BrO2/c22-18-5-4-14-7-17(12-24-19(14)8-18)20(23)21-9-13-2-1-3-15(10-21)16(6-13)11-21/h4-5,7-8,13,15-16H,1-3,6,9-12H2. The summed E-state index contributed by atoms with van der Waals surface area (Å²) in [4.78, 5) is 13.5. The molecular weight excluding hydrogens is 364 g/mol. The number of rotatable bonds is 2. The van der Waals surface area contributed by atoms with Crippen molar-refractivity contribution in [2.75, 3.05) is 6.61 Å². The van der Waals surface area contributed by atoms with Gasteiger partial charge in [-0.05, 0) is 61.6 Å². The summed E-state index contributed by atoms with van der Waals surface area (Å²) in [6.07, 6.45) is 10.9. The van der Waals surface area contributed by atoms with Crippen LogP contribution in [0.4, 0.5) is 0 Å². The van der Waals surface area contributed by atoms with Crippen LogP contribution in [0.15, 0.2) is 28.2 Å². The molecule has 1 aromatic carbocycles. The normalized spacial score (nSPS) is 36.5. The van der Waals surface area contributed by atoms with Crippen LogP contribution < -0.4 is 4.74 Å². The van der Waals surface area contributed by atoms with E-state index in [1.54, 1.807) is 0 Å². The molecule has 4 aliphatic rings. The number of hydrogen-bond acceptors (Lipinski definition) is 2. The molecule has 3 heteroatoms. The molecule has 1 aliphatic heterocycles. The first kappa shape index (κ1) is 15.2. The van der Waals surface area contributed by atoms with E-state index in [-0.39, 0.29) is 5.41 Å². The maximum atomic E-state index is 13.5. The number of ketones is 1. The smallest absolute Gasteiger partial charge is 0.168 e. The van der Waals surface area contributed by atoms with Gasteiger partial charge in [-0.25, -0.2) is 0 Å². The molecule has 24 heavy (non-hydrogen) atoms. The van der Waals surface area contributed by atoms with Crippen LogP contribution in [0.5, 0.6) is 5.75 Å². The zero-order valence-corrected chi connectivity index (χ0v) is 15.5. The molecule has 3 bridgehead atoms. The minimum Gasteiger partial charge on any atom is -0.488 e. The Balaban J connectivity index is 1.48. The summed E-state index contributed by atoms with van der Waals surface area (Å²) in [7, 11) is 0. The van der Waals surface area contributed by atoms with E-state index in [9.17, 15) is 4.79 Å². The maximum absolute atomic E-state index is 13.5. The molecule has 0 saturated heterocycles. The fourth-order valence-corrected chi connectivity index (χ4v) is 6.38. The van der Waals surface area contributed by atoms with Gasteiger partial charge in [0.25, 0.3) is 0 Å². The van der Waals surface area contributed by atoms with Crippen molar-refractivity contribution < 1.29 is 9.53 Å². The van der Waals surface area contributed by atoms with Gasteiger partial charge in [0.1, 0.15) is 12.4 Å². The number of carbonyl (C=O) groups is 1. The Bertz CT molecular complexity index is 733. The minimum atomic E-state index is -0.0687. The number of halogens is 1. The van der Waals surface area contributed by atoms with Crippen molar-refractivity contribution in [1.82, 2.24) is 0 Å². The molecule has 126 valence electrons. The summed E-state index contributed by atoms with van der Waals surface area (Å²) in [5.41, 5.74) is 1.86. The van der Waals surface area contributed by atoms with Gasteiger partial charge in [0.05, 0.1) is 0 Å². The zero-order valence-electron chi connectivity index (χ0n) is 13.9. The van der Waals surface area contributed by atoms with Gasteiger partial charge in [0, 0.05) is 21.0 Å². The SMILES string of the molecule is O=C(C1=Cc2ccc(Br)cc2OC1)C12CC3CCCC(C1)C(C3)C2. The van der Waals surface area contributed by atoms with Crippen LogP contribution in [0.25, 0.3) is 6.08 Å². The lowest BCUT2D eigenvalue weighted by atomic mass is 9.66. The van der Waals surface area contributed by atoms with Crippen molar-refractivity contribution in [3.63, 3.8) is 0 Å². The van der Waals surface area contributed by atoms with Crippen molar-refractivity contribution >= 4 is 27.8 Å². The third kappa shape index (κ3) is 2.31. The average molecular weight is 387 g/mol. The number of benzene rings is 1. The molecule has 0 spiro atoms. The van der Waals surface area contributed by atoms with E-state index in [1.807, 2.05) is 18.2 Å². The van der Waals surface area contributed by atoms with E-state index in [1.165, 1.54) is 25.7 Å². The van der Waals surface area contributed by atoms with Crippen molar-refractivity contribution in [1.29, 1.82) is 0 Å². The van der Waals surface area contributed by atoms with Gasteiger partial charge in [-0.1, -0.05) is 41.3 Å². The monoisotopic (exact) mass is 386 g/mol. The molecule has 1 heterocycles. The summed E-state index contributed by atoms with van der Waals surface area (Å²) in [5, 5.41) is 0. The summed E-state index contributed by atoms with van der Waals surface area (Å²) in [6.45, 7) is 0.435. The van der Waals surface area contributed by atoms with Crippen LogP contribution in [0, 0.1) is 23.2 Å². The summed E-state index contributed by atoms with van der Waals surface area (Å²) >= 11 is 3.48. The highest BCUT2D eigenvalue weighted by molar-refractivity contribution is 9.10. The first-order chi connectivity index (χ1) is 11.6. The number of hydrogen-bond donors (Lipinski definition) is 0. The number of ether oxygens (including phenoxy) is 1. The molecule has 3 saturated carbocycles. The minimum absolute atomic E-state index is 0.0687. The van der Waals surface area contributed by atoms with E-state index in [4.69, 9.17) is 4.74 Å². The van der Waals surface area contributed by atoms with Crippen molar-refractivity contribution in [3.05, 3.63) is 33.8 Å². The van der Waals surface area contributed by atoms with Crippen LogP contribution in [-0.2, 0) is 4.79 Å². The van der Waals surface area contributed by atoms with Crippen LogP contribution in [0.1, 0.15) is 50.5 Å².